The average molecular weight is 484 g/mol. The van der Waals surface area contributed by atoms with E-state index in [1.54, 1.807) is 0 Å². The molecule has 0 spiro atoms. The number of nitrogens with one attached hydrogen (secondary N) is 1. The minimum Gasteiger partial charge on any atom is -0.658 e. The number of hydrogen-bond donors (Lipinski definition) is 1. The summed E-state index contributed by atoms with van der Waals surface area (Å²) in [6, 6.07) is 0. The van der Waals surface area contributed by atoms with Crippen LogP contribution in [0.15, 0.2) is 0 Å². The van der Waals surface area contributed by atoms with Gasteiger partial charge in [0.05, 0.1) is 0 Å². The molecule has 0 rings (SSSR count). The predicted octanol–water partition coefficient (Wildman–Crippen LogP) is 7.82. The van der Waals surface area contributed by atoms with Crippen LogP contribution in [-0.2, 0) is 0 Å². The molecule has 34 heavy (non-hydrogen) atoms. The predicted molar refractivity (Wildman–Crippen MR) is 157 cm³/mol. The summed E-state index contributed by atoms with van der Waals surface area (Å²) in [5.41, 5.74) is 0.778. The van der Waals surface area contributed by atoms with E-state index in [2.05, 4.69) is 159 Å². The molecule has 0 aromatic rings. The molecule has 4 heteroatoms. The van der Waals surface area contributed by atoms with Gasteiger partial charge in [-0.05, 0) is 101 Å². The molecule has 0 aliphatic heterocycles. The lowest BCUT2D eigenvalue weighted by Crippen LogP contribution is -2.69. The van der Waals surface area contributed by atoms with Gasteiger partial charge in [0.2, 0.25) is 0 Å². The summed E-state index contributed by atoms with van der Waals surface area (Å²) < 4.78 is 0. The number of hydrogen-bond acceptors (Lipinski definition) is 3. The van der Waals surface area contributed by atoms with E-state index in [9.17, 15) is 0 Å². The second-order valence-corrected chi connectivity index (χ2v) is 15.5. The van der Waals surface area contributed by atoms with Crippen LogP contribution in [0.3, 0.4) is 0 Å². The highest BCUT2D eigenvalue weighted by molar-refractivity contribution is 5.14. The van der Waals surface area contributed by atoms with Crippen molar-refractivity contribution in [2.75, 3.05) is 28.2 Å². The Morgan fingerprint density at radius 3 is 0.941 bits per heavy atom. The molecule has 0 aliphatic carbocycles. The van der Waals surface area contributed by atoms with Crippen LogP contribution in [0.1, 0.15) is 125 Å². The first-order valence-electron chi connectivity index (χ1n) is 13.2. The Labute approximate surface area is 217 Å². The van der Waals surface area contributed by atoms with Crippen molar-refractivity contribution in [1.82, 2.24) is 15.1 Å². The minimum absolute atomic E-state index is 0.0124. The second-order valence-electron chi connectivity index (χ2n) is 15.5. The van der Waals surface area contributed by atoms with Gasteiger partial charge in [-0.25, -0.2) is 0 Å². The van der Waals surface area contributed by atoms with Crippen molar-refractivity contribution >= 4 is 0 Å². The van der Waals surface area contributed by atoms with Crippen molar-refractivity contribution < 1.29 is 0 Å². The van der Waals surface area contributed by atoms with Gasteiger partial charge < -0.3 is 10.6 Å². The van der Waals surface area contributed by atoms with E-state index in [-0.39, 0.29) is 44.1 Å². The van der Waals surface area contributed by atoms with E-state index in [1.807, 2.05) is 14.1 Å². The summed E-state index contributed by atoms with van der Waals surface area (Å²) in [6.45, 7) is 41.3. The third-order valence-electron chi connectivity index (χ3n) is 11.2. The third-order valence-corrected chi connectivity index (χ3v) is 11.2. The van der Waals surface area contributed by atoms with E-state index in [0.717, 1.165) is 0 Å². The monoisotopic (exact) mass is 484 g/mol. The molecule has 0 saturated heterocycles. The number of likely N-dealkylation sites (N-methyl/N-ethyl adjacent to an activating group) is 4. The van der Waals surface area contributed by atoms with Crippen LogP contribution in [0.5, 0.6) is 0 Å². The number of nitrogens with zero attached hydrogens (tertiary/aromatic N) is 3. The minimum atomic E-state index is -0.0652. The SMILES string of the molecule is CNC(C)(C)C(C)(C)N(C)C(C)(C)C(C)(C)C.C[N-]C(C)(C)C(C)(C)N(C)C(C)(C)C(C)(C)C. The zero-order chi connectivity index (χ0) is 28.6. The largest absolute Gasteiger partial charge is 0.658 e. The third kappa shape index (κ3) is 6.99. The van der Waals surface area contributed by atoms with E-state index >= 15 is 0 Å². The molecule has 0 bridgehead atoms. The van der Waals surface area contributed by atoms with E-state index < -0.39 is 0 Å². The van der Waals surface area contributed by atoms with Gasteiger partial charge >= 0.3 is 0 Å². The van der Waals surface area contributed by atoms with E-state index in [1.165, 1.54) is 0 Å². The van der Waals surface area contributed by atoms with Crippen molar-refractivity contribution in [2.24, 2.45) is 10.8 Å². The fourth-order valence-corrected chi connectivity index (χ4v) is 3.81. The van der Waals surface area contributed by atoms with Crippen LogP contribution >= 0.6 is 0 Å². The van der Waals surface area contributed by atoms with Crippen LogP contribution in [0.25, 0.3) is 5.32 Å². The average Bonchev–Trinajstić information content (AvgIpc) is 2.64. The Hall–Kier alpha value is -0.160. The summed E-state index contributed by atoms with van der Waals surface area (Å²) in [4.78, 5) is 4.99. The maximum atomic E-state index is 4.57. The molecular weight excluding hydrogens is 416 g/mol. The van der Waals surface area contributed by atoms with Gasteiger partial charge in [-0.3, -0.25) is 9.80 Å². The van der Waals surface area contributed by atoms with Crippen LogP contribution in [0.4, 0.5) is 0 Å². The molecule has 0 unspecified atom stereocenters. The molecule has 0 radical (unpaired) electrons. The Morgan fingerprint density at radius 1 is 0.471 bits per heavy atom. The molecule has 0 amide bonds. The van der Waals surface area contributed by atoms with Crippen molar-refractivity contribution in [1.29, 1.82) is 0 Å². The van der Waals surface area contributed by atoms with Crippen molar-refractivity contribution in [3.05, 3.63) is 5.32 Å². The fraction of sp³-hybridized carbons (Fsp3) is 1.00. The zero-order valence-corrected chi connectivity index (χ0v) is 27.8. The molecule has 208 valence electrons. The van der Waals surface area contributed by atoms with Crippen LogP contribution < -0.4 is 5.32 Å². The summed E-state index contributed by atoms with van der Waals surface area (Å²) >= 11 is 0. The van der Waals surface area contributed by atoms with Crippen LogP contribution in [-0.4, -0.2) is 71.2 Å². The Bertz CT molecular complexity index is 569. The molecular formula is C30H67N4-. The molecule has 0 aromatic heterocycles. The fourth-order valence-electron chi connectivity index (χ4n) is 3.81. The Kier molecular flexibility index (Phi) is 11.3. The standard InChI is InChI=1S/C15H34N2.C15H33N2/c2*1-12(2,3)14(6,7)17(11)15(8,9)13(4,5)16-10/h16H,1-11H3;1-11H3/q;-1. The van der Waals surface area contributed by atoms with Crippen molar-refractivity contribution in [3.8, 4) is 0 Å². The Morgan fingerprint density at radius 2 is 0.735 bits per heavy atom. The quantitative estimate of drug-likeness (QED) is 0.382. The van der Waals surface area contributed by atoms with E-state index in [0.29, 0.717) is 0 Å². The normalized spacial score (nSPS) is 15.5. The van der Waals surface area contributed by atoms with Crippen LogP contribution in [0, 0.1) is 10.8 Å². The van der Waals surface area contributed by atoms with Gasteiger partial charge in [0.15, 0.2) is 0 Å². The zero-order valence-electron chi connectivity index (χ0n) is 27.8. The van der Waals surface area contributed by atoms with Gasteiger partial charge in [-0.1, -0.05) is 55.4 Å². The molecule has 0 saturated carbocycles. The summed E-state index contributed by atoms with van der Waals surface area (Å²) in [6.07, 6.45) is 0. The van der Waals surface area contributed by atoms with Gasteiger partial charge in [-0.2, -0.15) is 7.05 Å². The topological polar surface area (TPSA) is 32.6 Å². The molecule has 0 fully saturated rings. The summed E-state index contributed by atoms with van der Waals surface area (Å²) in [5, 5.41) is 8.01. The molecule has 1 N–H and O–H groups in total. The highest BCUT2D eigenvalue weighted by Gasteiger charge is 2.48. The maximum absolute atomic E-state index is 4.57. The lowest BCUT2D eigenvalue weighted by Gasteiger charge is -2.62. The van der Waals surface area contributed by atoms with Gasteiger partial charge in [0.1, 0.15) is 0 Å². The molecule has 0 atom stereocenters. The van der Waals surface area contributed by atoms with E-state index in [4.69, 9.17) is 0 Å². The van der Waals surface area contributed by atoms with Crippen LogP contribution in [0.2, 0.25) is 0 Å². The molecule has 0 heterocycles. The molecule has 0 aromatic carbocycles. The van der Waals surface area contributed by atoms with Gasteiger partial charge in [-0.15, -0.1) is 5.54 Å². The lowest BCUT2D eigenvalue weighted by atomic mass is 9.70. The smallest absolute Gasteiger partial charge is 0.0331 e. The van der Waals surface area contributed by atoms with Crippen molar-refractivity contribution in [3.63, 3.8) is 0 Å². The first-order valence-corrected chi connectivity index (χ1v) is 13.2. The van der Waals surface area contributed by atoms with Gasteiger partial charge in [0.25, 0.3) is 0 Å². The first-order chi connectivity index (χ1) is 14.4. The summed E-state index contributed by atoms with van der Waals surface area (Å²) in [7, 11) is 8.42. The molecule has 0 aliphatic rings. The number of rotatable bonds is 8. The summed E-state index contributed by atoms with van der Waals surface area (Å²) in [5.74, 6) is 0. The van der Waals surface area contributed by atoms with Gasteiger partial charge in [0, 0.05) is 27.7 Å². The second kappa shape index (κ2) is 10.7. The highest BCUT2D eigenvalue weighted by Crippen LogP contribution is 2.43. The Balaban J connectivity index is 0. The maximum Gasteiger partial charge on any atom is 0.0331 e. The highest BCUT2D eigenvalue weighted by atomic mass is 15.3. The van der Waals surface area contributed by atoms with Crippen molar-refractivity contribution in [2.45, 2.75) is 158 Å². The lowest BCUT2D eigenvalue weighted by molar-refractivity contribution is -0.0594. The first kappa shape index (κ1) is 36.0. The molecule has 4 nitrogen and oxygen atoms in total.